The van der Waals surface area contributed by atoms with Crippen LogP contribution in [-0.2, 0) is 11.3 Å². The summed E-state index contributed by atoms with van der Waals surface area (Å²) < 4.78 is 13.8. The number of ether oxygens (including phenoxy) is 2. The number of hydrogen-bond donors (Lipinski definition) is 0. The maximum absolute atomic E-state index is 11.3. The molecule has 0 bridgehead atoms. The van der Waals surface area contributed by atoms with Gasteiger partial charge in [-0.3, -0.25) is 4.79 Å². The van der Waals surface area contributed by atoms with Crippen LogP contribution in [0.4, 0.5) is 0 Å². The fourth-order valence-corrected chi connectivity index (χ4v) is 3.49. The molecule has 2 rings (SSSR count). The average molecular weight is 326 g/mol. The molecule has 0 aliphatic rings. The van der Waals surface area contributed by atoms with Crippen LogP contribution in [0.2, 0.25) is 0 Å². The molecule has 0 aliphatic carbocycles. The second-order valence-electron chi connectivity index (χ2n) is 4.33. The van der Waals surface area contributed by atoms with Gasteiger partial charge in [-0.2, -0.15) is 16.8 Å². The first kappa shape index (κ1) is 15.9. The van der Waals surface area contributed by atoms with Crippen LogP contribution in [0.15, 0.2) is 17.1 Å². The number of benzene rings is 1. The van der Waals surface area contributed by atoms with Gasteiger partial charge in [-0.1, -0.05) is 11.3 Å². The van der Waals surface area contributed by atoms with Gasteiger partial charge in [-0.25, -0.2) is 0 Å². The van der Waals surface area contributed by atoms with E-state index in [-0.39, 0.29) is 5.91 Å². The lowest BCUT2D eigenvalue weighted by atomic mass is 10.3. The molecule has 0 unspecified atom stereocenters. The molecule has 0 aliphatic heterocycles. The van der Waals surface area contributed by atoms with Crippen molar-refractivity contribution >= 4 is 39.2 Å². The van der Waals surface area contributed by atoms with Gasteiger partial charge in [-0.15, -0.1) is 0 Å². The first-order valence-corrected chi connectivity index (χ1v) is 8.61. The minimum Gasteiger partial charge on any atom is -0.493 e. The lowest BCUT2D eigenvalue weighted by molar-refractivity contribution is -0.116. The second kappa shape index (κ2) is 7.00. The van der Waals surface area contributed by atoms with Gasteiger partial charge in [0.15, 0.2) is 16.3 Å². The highest BCUT2D eigenvalue weighted by atomic mass is 32.2. The summed E-state index contributed by atoms with van der Waals surface area (Å²) in [5, 5.41) is 0. The van der Waals surface area contributed by atoms with E-state index < -0.39 is 0 Å². The van der Waals surface area contributed by atoms with Gasteiger partial charge in [0, 0.05) is 31.4 Å². The average Bonchev–Trinajstić information content (AvgIpc) is 2.78. The molecule has 1 amide bonds. The highest BCUT2D eigenvalue weighted by Crippen LogP contribution is 2.33. The molecular formula is C14H18N2O3S2. The van der Waals surface area contributed by atoms with Gasteiger partial charge in [0.2, 0.25) is 5.91 Å². The predicted octanol–water partition coefficient (Wildman–Crippen LogP) is 2.53. The van der Waals surface area contributed by atoms with Crippen molar-refractivity contribution < 1.29 is 14.3 Å². The minimum absolute atomic E-state index is 0.196. The highest BCUT2D eigenvalue weighted by molar-refractivity contribution is 7.98. The molecule has 0 spiro atoms. The summed E-state index contributed by atoms with van der Waals surface area (Å²) in [5.74, 6) is 2.11. The van der Waals surface area contributed by atoms with Crippen LogP contribution in [0.5, 0.6) is 11.5 Å². The van der Waals surface area contributed by atoms with Gasteiger partial charge >= 0.3 is 0 Å². The molecule has 21 heavy (non-hydrogen) atoms. The third-order valence-electron chi connectivity index (χ3n) is 2.96. The Morgan fingerprint density at radius 3 is 2.57 bits per heavy atom. The lowest BCUT2D eigenvalue weighted by Gasteiger charge is -2.09. The standard InChI is InChI=1S/C14H18N2O3S2/c1-9(17)15-14-16(5-6-20-4)10-7-11(18-2)12(19-3)8-13(10)21-14/h7-8H,5-6H2,1-4H3. The molecule has 0 saturated carbocycles. The molecule has 0 atom stereocenters. The summed E-state index contributed by atoms with van der Waals surface area (Å²) >= 11 is 3.24. The summed E-state index contributed by atoms with van der Waals surface area (Å²) in [6.45, 7) is 2.26. The molecule has 1 aromatic heterocycles. The molecule has 7 heteroatoms. The number of methoxy groups -OCH3 is 2. The van der Waals surface area contributed by atoms with Crippen LogP contribution in [0.25, 0.3) is 10.2 Å². The van der Waals surface area contributed by atoms with Crippen LogP contribution in [0, 0.1) is 0 Å². The van der Waals surface area contributed by atoms with Crippen molar-refractivity contribution in [3.8, 4) is 11.5 Å². The third-order valence-corrected chi connectivity index (χ3v) is 4.59. The topological polar surface area (TPSA) is 52.8 Å². The highest BCUT2D eigenvalue weighted by Gasteiger charge is 2.12. The van der Waals surface area contributed by atoms with Gasteiger partial charge < -0.3 is 14.0 Å². The Morgan fingerprint density at radius 1 is 1.33 bits per heavy atom. The fraction of sp³-hybridized carbons (Fsp3) is 0.429. The van der Waals surface area contributed by atoms with E-state index in [4.69, 9.17) is 9.47 Å². The van der Waals surface area contributed by atoms with Crippen LogP contribution < -0.4 is 14.3 Å². The van der Waals surface area contributed by atoms with Crippen molar-refractivity contribution in [1.82, 2.24) is 4.57 Å². The van der Waals surface area contributed by atoms with Crippen LogP contribution >= 0.6 is 23.1 Å². The van der Waals surface area contributed by atoms with Gasteiger partial charge in [0.1, 0.15) is 0 Å². The summed E-state index contributed by atoms with van der Waals surface area (Å²) in [5.41, 5.74) is 1.01. The zero-order valence-corrected chi connectivity index (χ0v) is 14.1. The fourth-order valence-electron chi connectivity index (χ4n) is 2.02. The number of thiazole rings is 1. The Balaban J connectivity index is 2.70. The number of thioether (sulfide) groups is 1. The SMILES string of the molecule is COc1cc2sc(=NC(C)=O)n(CCSC)c2cc1OC. The van der Waals surface area contributed by atoms with E-state index in [1.165, 1.54) is 18.3 Å². The number of rotatable bonds is 5. The van der Waals surface area contributed by atoms with E-state index in [2.05, 4.69) is 15.8 Å². The number of nitrogens with zero attached hydrogens (tertiary/aromatic N) is 2. The Morgan fingerprint density at radius 2 is 2.00 bits per heavy atom. The normalized spacial score (nSPS) is 11.9. The van der Waals surface area contributed by atoms with Gasteiger partial charge in [0.25, 0.3) is 0 Å². The lowest BCUT2D eigenvalue weighted by Crippen LogP contribution is -2.17. The number of amides is 1. The first-order chi connectivity index (χ1) is 10.1. The molecule has 0 N–H and O–H groups in total. The Hall–Kier alpha value is -1.47. The number of aryl methyl sites for hydroxylation is 1. The van der Waals surface area contributed by atoms with Crippen molar-refractivity contribution in [2.75, 3.05) is 26.2 Å². The third kappa shape index (κ3) is 3.41. The largest absolute Gasteiger partial charge is 0.493 e. The maximum atomic E-state index is 11.3. The quantitative estimate of drug-likeness (QED) is 0.847. The van der Waals surface area contributed by atoms with Crippen LogP contribution in [0.3, 0.4) is 0 Å². The number of fused-ring (bicyclic) bond motifs is 1. The monoisotopic (exact) mass is 326 g/mol. The van der Waals surface area contributed by atoms with E-state index >= 15 is 0 Å². The Bertz CT molecular complexity index is 719. The smallest absolute Gasteiger partial charge is 0.245 e. The van der Waals surface area contributed by atoms with E-state index in [0.717, 1.165) is 22.5 Å². The number of aromatic nitrogens is 1. The molecule has 1 heterocycles. The molecule has 2 aromatic rings. The van der Waals surface area contributed by atoms with Crippen molar-refractivity contribution in [3.63, 3.8) is 0 Å². The number of carbonyl (C=O) groups excluding carboxylic acids is 1. The molecule has 114 valence electrons. The second-order valence-corrected chi connectivity index (χ2v) is 6.33. The van der Waals surface area contributed by atoms with E-state index in [9.17, 15) is 4.79 Å². The van der Waals surface area contributed by atoms with Crippen molar-refractivity contribution in [2.24, 2.45) is 4.99 Å². The Labute approximate surface area is 131 Å². The molecule has 0 saturated heterocycles. The summed E-state index contributed by atoms with van der Waals surface area (Å²) in [6.07, 6.45) is 2.06. The van der Waals surface area contributed by atoms with Crippen LogP contribution in [0.1, 0.15) is 6.92 Å². The zero-order valence-electron chi connectivity index (χ0n) is 12.5. The minimum atomic E-state index is -0.196. The van der Waals surface area contributed by atoms with E-state index in [0.29, 0.717) is 16.3 Å². The van der Waals surface area contributed by atoms with Gasteiger partial charge in [-0.05, 0) is 6.26 Å². The number of carbonyl (C=O) groups is 1. The molecule has 1 aromatic carbocycles. The summed E-state index contributed by atoms with van der Waals surface area (Å²) in [6, 6.07) is 3.86. The van der Waals surface area contributed by atoms with Gasteiger partial charge in [0.05, 0.1) is 24.4 Å². The zero-order chi connectivity index (χ0) is 15.4. The molecule has 0 radical (unpaired) electrons. The van der Waals surface area contributed by atoms with E-state index in [1.54, 1.807) is 26.0 Å². The number of hydrogen-bond acceptors (Lipinski definition) is 5. The first-order valence-electron chi connectivity index (χ1n) is 6.40. The van der Waals surface area contributed by atoms with E-state index in [1.807, 2.05) is 12.1 Å². The van der Waals surface area contributed by atoms with Crippen molar-refractivity contribution in [1.29, 1.82) is 0 Å². The molecule has 5 nitrogen and oxygen atoms in total. The van der Waals surface area contributed by atoms with Crippen LogP contribution in [-0.4, -0.2) is 36.7 Å². The Kier molecular flexibility index (Phi) is 5.30. The maximum Gasteiger partial charge on any atom is 0.245 e. The molecule has 0 fully saturated rings. The molecular weight excluding hydrogens is 308 g/mol. The van der Waals surface area contributed by atoms with Crippen molar-refractivity contribution in [2.45, 2.75) is 13.5 Å². The predicted molar refractivity (Wildman–Crippen MR) is 87.5 cm³/mol. The summed E-state index contributed by atoms with van der Waals surface area (Å²) in [7, 11) is 3.23. The van der Waals surface area contributed by atoms with Crippen molar-refractivity contribution in [3.05, 3.63) is 16.9 Å². The summed E-state index contributed by atoms with van der Waals surface area (Å²) in [4.78, 5) is 16.2.